The first-order valence-corrected chi connectivity index (χ1v) is 7.37. The van der Waals surface area contributed by atoms with Crippen LogP contribution in [0.3, 0.4) is 0 Å². The van der Waals surface area contributed by atoms with E-state index >= 15 is 0 Å². The molecule has 2 aromatic carbocycles. The van der Waals surface area contributed by atoms with Crippen molar-refractivity contribution in [2.45, 2.75) is 13.5 Å². The van der Waals surface area contributed by atoms with Crippen molar-refractivity contribution in [2.24, 2.45) is 0 Å². The van der Waals surface area contributed by atoms with Gasteiger partial charge in [0.15, 0.2) is 5.78 Å². The van der Waals surface area contributed by atoms with Crippen LogP contribution >= 0.6 is 0 Å². The fraction of sp³-hybridized carbons (Fsp3) is 0.222. The molecule has 1 aliphatic rings. The van der Waals surface area contributed by atoms with Gasteiger partial charge in [-0.25, -0.2) is 0 Å². The minimum Gasteiger partial charge on any atom is -0.494 e. The summed E-state index contributed by atoms with van der Waals surface area (Å²) in [6.45, 7) is 3.36. The number of carbonyl (C=O) groups excluding carboxylic acids is 1. The number of amidine groups is 1. The van der Waals surface area contributed by atoms with Gasteiger partial charge in [0.2, 0.25) is 0 Å². The minimum absolute atomic E-state index is 0.0307. The highest BCUT2D eigenvalue weighted by Gasteiger charge is 2.26. The molecular weight excluding hydrogens is 276 g/mol. The Kier molecular flexibility index (Phi) is 3.92. The topological polar surface area (TPSA) is 53.4 Å². The van der Waals surface area contributed by atoms with Gasteiger partial charge in [-0.3, -0.25) is 10.2 Å². The van der Waals surface area contributed by atoms with Gasteiger partial charge in [-0.15, -0.1) is 0 Å². The summed E-state index contributed by atoms with van der Waals surface area (Å²) in [6.07, 6.45) is 0. The largest absolute Gasteiger partial charge is 0.494 e. The highest BCUT2D eigenvalue weighted by atomic mass is 16.5. The molecule has 3 rings (SSSR count). The summed E-state index contributed by atoms with van der Waals surface area (Å²) >= 11 is 0. The predicted molar refractivity (Wildman–Crippen MR) is 85.6 cm³/mol. The third-order valence-corrected chi connectivity index (χ3v) is 3.75. The molecule has 0 amide bonds. The van der Waals surface area contributed by atoms with E-state index in [4.69, 9.17) is 10.1 Å². The lowest BCUT2D eigenvalue weighted by molar-refractivity contribution is 0.0962. The number of nitrogens with one attached hydrogen (secondary N) is 1. The third kappa shape index (κ3) is 2.72. The Bertz CT molecular complexity index is 710. The summed E-state index contributed by atoms with van der Waals surface area (Å²) in [7, 11) is 0. The highest BCUT2D eigenvalue weighted by Crippen LogP contribution is 2.27. The zero-order valence-electron chi connectivity index (χ0n) is 12.5. The fourth-order valence-electron chi connectivity index (χ4n) is 2.67. The number of benzene rings is 2. The van der Waals surface area contributed by atoms with Gasteiger partial charge < -0.3 is 9.64 Å². The highest BCUT2D eigenvalue weighted by molar-refractivity contribution is 6.05. The fourth-order valence-corrected chi connectivity index (χ4v) is 2.67. The predicted octanol–water partition coefficient (Wildman–Crippen LogP) is 3.11. The first-order chi connectivity index (χ1) is 10.7. The van der Waals surface area contributed by atoms with Crippen LogP contribution < -0.4 is 4.74 Å². The number of ether oxygens (including phenoxy) is 1. The van der Waals surface area contributed by atoms with Crippen LogP contribution in [0, 0.1) is 5.41 Å². The Labute approximate surface area is 129 Å². The first-order valence-electron chi connectivity index (χ1n) is 7.37. The van der Waals surface area contributed by atoms with Gasteiger partial charge >= 0.3 is 0 Å². The number of hydrogen-bond acceptors (Lipinski definition) is 3. The average molecular weight is 294 g/mol. The molecule has 0 saturated heterocycles. The van der Waals surface area contributed by atoms with Crippen LogP contribution in [-0.2, 0) is 6.54 Å². The molecule has 4 heteroatoms. The Hall–Kier alpha value is -2.62. The van der Waals surface area contributed by atoms with E-state index in [-0.39, 0.29) is 12.3 Å². The monoisotopic (exact) mass is 294 g/mol. The lowest BCUT2D eigenvalue weighted by Crippen LogP contribution is -2.30. The molecule has 0 fully saturated rings. The Morgan fingerprint density at radius 1 is 1.23 bits per heavy atom. The SMILES string of the molecule is CCOc1ccc2c(c1)CN(CC(=O)c1ccccc1)C2=N. The number of fused-ring (bicyclic) bond motifs is 1. The van der Waals surface area contributed by atoms with Crippen molar-refractivity contribution in [2.75, 3.05) is 13.2 Å². The molecule has 112 valence electrons. The third-order valence-electron chi connectivity index (χ3n) is 3.75. The summed E-state index contributed by atoms with van der Waals surface area (Å²) in [4.78, 5) is 14.1. The maximum absolute atomic E-state index is 12.3. The average Bonchev–Trinajstić information content (AvgIpc) is 2.84. The van der Waals surface area contributed by atoms with Crippen molar-refractivity contribution in [1.82, 2.24) is 4.90 Å². The maximum atomic E-state index is 12.3. The Morgan fingerprint density at radius 3 is 2.73 bits per heavy atom. The van der Waals surface area contributed by atoms with E-state index in [1.54, 1.807) is 4.90 Å². The Morgan fingerprint density at radius 2 is 2.00 bits per heavy atom. The van der Waals surface area contributed by atoms with E-state index in [0.29, 0.717) is 24.6 Å². The summed E-state index contributed by atoms with van der Waals surface area (Å²) < 4.78 is 5.50. The van der Waals surface area contributed by atoms with Crippen molar-refractivity contribution >= 4 is 11.6 Å². The van der Waals surface area contributed by atoms with Gasteiger partial charge in [0.25, 0.3) is 0 Å². The van der Waals surface area contributed by atoms with Crippen LogP contribution in [0.2, 0.25) is 0 Å². The van der Waals surface area contributed by atoms with E-state index in [9.17, 15) is 4.79 Å². The molecule has 2 aromatic rings. The second-order valence-electron chi connectivity index (χ2n) is 5.25. The molecule has 0 atom stereocenters. The maximum Gasteiger partial charge on any atom is 0.182 e. The smallest absolute Gasteiger partial charge is 0.182 e. The standard InChI is InChI=1S/C18H18N2O2/c1-2-22-15-8-9-16-14(10-15)11-20(18(16)19)12-17(21)13-6-4-3-5-7-13/h3-10,19H,2,11-12H2,1H3. The summed E-state index contributed by atoms with van der Waals surface area (Å²) in [5.41, 5.74) is 2.60. The van der Waals surface area contributed by atoms with Gasteiger partial charge in [0.05, 0.1) is 13.2 Å². The number of Topliss-reactive ketones (excluding diaryl/α,β-unsaturated/α-hetero) is 1. The molecule has 1 N–H and O–H groups in total. The second-order valence-corrected chi connectivity index (χ2v) is 5.25. The van der Waals surface area contributed by atoms with Gasteiger partial charge in [0, 0.05) is 17.7 Å². The summed E-state index contributed by atoms with van der Waals surface area (Å²) in [5, 5.41) is 8.25. The van der Waals surface area contributed by atoms with Crippen molar-refractivity contribution in [3.8, 4) is 5.75 Å². The molecule has 4 nitrogen and oxygen atoms in total. The summed E-state index contributed by atoms with van der Waals surface area (Å²) in [5.74, 6) is 1.25. The van der Waals surface area contributed by atoms with Crippen LogP contribution in [0.5, 0.6) is 5.75 Å². The van der Waals surface area contributed by atoms with Gasteiger partial charge in [-0.05, 0) is 30.7 Å². The first kappa shape index (κ1) is 14.3. The van der Waals surface area contributed by atoms with Crippen molar-refractivity contribution < 1.29 is 9.53 Å². The molecule has 0 radical (unpaired) electrons. The van der Waals surface area contributed by atoms with E-state index < -0.39 is 0 Å². The second kappa shape index (κ2) is 6.02. The van der Waals surface area contributed by atoms with E-state index in [1.807, 2.05) is 55.5 Å². The molecule has 0 spiro atoms. The van der Waals surface area contributed by atoms with Crippen molar-refractivity contribution in [3.63, 3.8) is 0 Å². The minimum atomic E-state index is 0.0307. The molecule has 0 saturated carbocycles. The normalized spacial score (nSPS) is 13.1. The Balaban J connectivity index is 1.75. The molecule has 1 aliphatic heterocycles. The molecule has 0 unspecified atom stereocenters. The number of nitrogens with zero attached hydrogens (tertiary/aromatic N) is 1. The molecule has 0 aromatic heterocycles. The lowest BCUT2D eigenvalue weighted by atomic mass is 10.1. The quantitative estimate of drug-likeness (QED) is 0.862. The van der Waals surface area contributed by atoms with Crippen LogP contribution in [0.25, 0.3) is 0 Å². The number of hydrogen-bond donors (Lipinski definition) is 1. The van der Waals surface area contributed by atoms with Gasteiger partial charge in [0.1, 0.15) is 11.6 Å². The zero-order valence-corrected chi connectivity index (χ0v) is 12.5. The van der Waals surface area contributed by atoms with E-state index in [0.717, 1.165) is 16.9 Å². The number of carbonyl (C=O) groups is 1. The van der Waals surface area contributed by atoms with Crippen LogP contribution in [0.15, 0.2) is 48.5 Å². The van der Waals surface area contributed by atoms with Crippen LogP contribution in [0.1, 0.15) is 28.4 Å². The van der Waals surface area contributed by atoms with Gasteiger partial charge in [-0.1, -0.05) is 30.3 Å². The molecular formula is C18H18N2O2. The number of ketones is 1. The van der Waals surface area contributed by atoms with Crippen molar-refractivity contribution in [1.29, 1.82) is 5.41 Å². The van der Waals surface area contributed by atoms with Crippen molar-refractivity contribution in [3.05, 3.63) is 65.2 Å². The molecule has 0 bridgehead atoms. The summed E-state index contributed by atoms with van der Waals surface area (Å²) in [6, 6.07) is 14.9. The van der Waals surface area contributed by atoms with Gasteiger partial charge in [-0.2, -0.15) is 0 Å². The van der Waals surface area contributed by atoms with Crippen LogP contribution in [-0.4, -0.2) is 29.7 Å². The van der Waals surface area contributed by atoms with E-state index in [1.165, 1.54) is 0 Å². The number of rotatable bonds is 5. The molecule has 22 heavy (non-hydrogen) atoms. The lowest BCUT2D eigenvalue weighted by Gasteiger charge is -2.16. The zero-order chi connectivity index (χ0) is 15.5. The molecule has 1 heterocycles. The van der Waals surface area contributed by atoms with Crippen LogP contribution in [0.4, 0.5) is 0 Å². The van der Waals surface area contributed by atoms with E-state index in [2.05, 4.69) is 0 Å². The molecule has 0 aliphatic carbocycles.